The molecule has 0 aromatic carbocycles. The average Bonchev–Trinajstić information content (AvgIpc) is 2.91. The molecule has 10 nitrogen and oxygen atoms in total. The molecule has 0 saturated heterocycles. The van der Waals surface area contributed by atoms with Gasteiger partial charge in [-0.1, -0.05) is 5.21 Å². The summed E-state index contributed by atoms with van der Waals surface area (Å²) in [7, 11) is 0. The largest absolute Gasteiger partial charge is 0.384 e. The third kappa shape index (κ3) is 3.04. The van der Waals surface area contributed by atoms with E-state index in [0.29, 0.717) is 6.54 Å². The van der Waals surface area contributed by atoms with Crippen LogP contribution in [0.1, 0.15) is 10.4 Å². The molecule has 0 spiro atoms. The molecule has 2 aromatic rings. The molecule has 0 bridgehead atoms. The molecular weight excluding hydrogens is 266 g/mol. The van der Waals surface area contributed by atoms with Gasteiger partial charge in [-0.25, -0.2) is 4.98 Å². The second-order valence-electron chi connectivity index (χ2n) is 3.81. The van der Waals surface area contributed by atoms with Crippen LogP contribution in [0.25, 0.3) is 0 Å². The lowest BCUT2D eigenvalue weighted by Gasteiger charge is -2.06. The molecule has 0 atom stereocenters. The SMILES string of the molecule is Nc1cc(C(=O)NCCn2ccnn2)c([N+](=O)[O-])cn1. The number of nitrogens with two attached hydrogens (primary N) is 1. The number of nitrogens with zero attached hydrogens (tertiary/aromatic N) is 5. The standard InChI is InChI=1S/C10H11N7O3/c11-9-5-7(8(6-13-9)17(19)20)10(18)12-1-3-16-4-2-14-15-16/h2,4-6H,1,3H2,(H2,11,13)(H,12,18). The van der Waals surface area contributed by atoms with Crippen LogP contribution in [0.3, 0.4) is 0 Å². The quantitative estimate of drug-likeness (QED) is 0.558. The molecule has 0 radical (unpaired) electrons. The summed E-state index contributed by atoms with van der Waals surface area (Å²) in [6, 6.07) is 1.17. The molecule has 10 heteroatoms. The fourth-order valence-electron chi connectivity index (χ4n) is 1.52. The number of aromatic nitrogens is 4. The maximum atomic E-state index is 11.9. The van der Waals surface area contributed by atoms with Gasteiger partial charge in [0.1, 0.15) is 17.6 Å². The number of amides is 1. The maximum Gasteiger partial charge on any atom is 0.300 e. The highest BCUT2D eigenvalue weighted by molar-refractivity contribution is 5.98. The Morgan fingerprint density at radius 3 is 3.00 bits per heavy atom. The summed E-state index contributed by atoms with van der Waals surface area (Å²) in [4.78, 5) is 25.6. The van der Waals surface area contributed by atoms with Gasteiger partial charge in [0, 0.05) is 12.7 Å². The van der Waals surface area contributed by atoms with E-state index < -0.39 is 16.5 Å². The van der Waals surface area contributed by atoms with E-state index in [9.17, 15) is 14.9 Å². The number of nitrogens with one attached hydrogen (secondary N) is 1. The zero-order valence-electron chi connectivity index (χ0n) is 10.3. The Morgan fingerprint density at radius 1 is 1.55 bits per heavy atom. The molecule has 104 valence electrons. The van der Waals surface area contributed by atoms with Crippen molar-refractivity contribution >= 4 is 17.4 Å². The number of carbonyl (C=O) groups is 1. The van der Waals surface area contributed by atoms with Gasteiger partial charge in [-0.15, -0.1) is 5.10 Å². The zero-order chi connectivity index (χ0) is 14.5. The Hall–Kier alpha value is -3.04. The van der Waals surface area contributed by atoms with Crippen molar-refractivity contribution in [3.63, 3.8) is 0 Å². The van der Waals surface area contributed by atoms with E-state index in [1.54, 1.807) is 6.20 Å². The normalized spacial score (nSPS) is 10.2. The zero-order valence-corrected chi connectivity index (χ0v) is 10.3. The minimum Gasteiger partial charge on any atom is -0.384 e. The van der Waals surface area contributed by atoms with E-state index in [1.165, 1.54) is 16.9 Å². The Labute approximate surface area is 112 Å². The van der Waals surface area contributed by atoms with Crippen LogP contribution < -0.4 is 11.1 Å². The third-order valence-corrected chi connectivity index (χ3v) is 2.44. The first-order valence-electron chi connectivity index (χ1n) is 5.60. The molecule has 2 rings (SSSR count). The van der Waals surface area contributed by atoms with Crippen molar-refractivity contribution in [3.8, 4) is 0 Å². The lowest BCUT2D eigenvalue weighted by molar-refractivity contribution is -0.385. The van der Waals surface area contributed by atoms with Gasteiger partial charge in [0.25, 0.3) is 11.6 Å². The highest BCUT2D eigenvalue weighted by Crippen LogP contribution is 2.18. The van der Waals surface area contributed by atoms with E-state index in [0.717, 1.165) is 6.20 Å². The molecule has 3 N–H and O–H groups in total. The molecule has 2 aromatic heterocycles. The van der Waals surface area contributed by atoms with Crippen LogP contribution in [0.5, 0.6) is 0 Å². The molecule has 0 fully saturated rings. The molecular formula is C10H11N7O3. The predicted molar refractivity (Wildman–Crippen MR) is 67.7 cm³/mol. The smallest absolute Gasteiger partial charge is 0.300 e. The summed E-state index contributed by atoms with van der Waals surface area (Å²) >= 11 is 0. The van der Waals surface area contributed by atoms with Crippen LogP contribution >= 0.6 is 0 Å². The van der Waals surface area contributed by atoms with Crippen molar-refractivity contribution in [1.29, 1.82) is 0 Å². The van der Waals surface area contributed by atoms with Crippen molar-refractivity contribution in [1.82, 2.24) is 25.3 Å². The van der Waals surface area contributed by atoms with Crippen molar-refractivity contribution in [2.24, 2.45) is 0 Å². The second kappa shape index (κ2) is 5.73. The second-order valence-corrected chi connectivity index (χ2v) is 3.81. The van der Waals surface area contributed by atoms with Crippen molar-refractivity contribution in [2.45, 2.75) is 6.54 Å². The maximum absolute atomic E-state index is 11.9. The number of hydrogen-bond donors (Lipinski definition) is 2. The first-order chi connectivity index (χ1) is 9.58. The predicted octanol–water partition coefficient (Wildman–Crippen LogP) is -0.407. The summed E-state index contributed by atoms with van der Waals surface area (Å²) in [6.45, 7) is 0.654. The summed E-state index contributed by atoms with van der Waals surface area (Å²) in [5.41, 5.74) is 4.92. The Bertz CT molecular complexity index is 626. The highest BCUT2D eigenvalue weighted by atomic mass is 16.6. The van der Waals surface area contributed by atoms with Crippen LogP contribution in [-0.2, 0) is 6.54 Å². The molecule has 0 saturated carbocycles. The number of nitro groups is 1. The van der Waals surface area contributed by atoms with Crippen LogP contribution in [0.15, 0.2) is 24.7 Å². The van der Waals surface area contributed by atoms with Crippen LogP contribution in [-0.4, -0.2) is 37.4 Å². The monoisotopic (exact) mass is 277 g/mol. The molecule has 0 aliphatic carbocycles. The van der Waals surface area contributed by atoms with E-state index in [4.69, 9.17) is 5.73 Å². The summed E-state index contributed by atoms with van der Waals surface area (Å²) in [6.07, 6.45) is 4.11. The van der Waals surface area contributed by atoms with E-state index in [1.807, 2.05) is 0 Å². The fraction of sp³-hybridized carbons (Fsp3) is 0.200. The highest BCUT2D eigenvalue weighted by Gasteiger charge is 2.20. The minimum atomic E-state index is -0.682. The lowest BCUT2D eigenvalue weighted by Crippen LogP contribution is -2.28. The third-order valence-electron chi connectivity index (χ3n) is 2.44. The fourth-order valence-corrected chi connectivity index (χ4v) is 1.52. The van der Waals surface area contributed by atoms with Gasteiger partial charge < -0.3 is 11.1 Å². The molecule has 0 aliphatic rings. The molecule has 0 aliphatic heterocycles. The number of nitrogen functional groups attached to an aromatic ring is 1. The van der Waals surface area contributed by atoms with Crippen LogP contribution in [0, 0.1) is 10.1 Å². The van der Waals surface area contributed by atoms with Gasteiger partial charge in [0.2, 0.25) is 0 Å². The first kappa shape index (κ1) is 13.4. The van der Waals surface area contributed by atoms with Gasteiger partial charge >= 0.3 is 0 Å². The van der Waals surface area contributed by atoms with Gasteiger partial charge in [0.15, 0.2) is 0 Å². The molecule has 2 heterocycles. The number of hydrogen-bond acceptors (Lipinski definition) is 7. The van der Waals surface area contributed by atoms with E-state index >= 15 is 0 Å². The van der Waals surface area contributed by atoms with Gasteiger partial charge in [-0.05, 0) is 6.07 Å². The van der Waals surface area contributed by atoms with Gasteiger partial charge in [-0.2, -0.15) is 0 Å². The van der Waals surface area contributed by atoms with Crippen molar-refractivity contribution in [2.75, 3.05) is 12.3 Å². The lowest BCUT2D eigenvalue weighted by atomic mass is 10.2. The Kier molecular flexibility index (Phi) is 3.84. The van der Waals surface area contributed by atoms with Gasteiger partial charge in [0.05, 0.1) is 17.7 Å². The van der Waals surface area contributed by atoms with Crippen molar-refractivity contribution < 1.29 is 9.72 Å². The number of carbonyl (C=O) groups excluding carboxylic acids is 1. The number of pyridine rings is 1. The number of rotatable bonds is 5. The van der Waals surface area contributed by atoms with E-state index in [-0.39, 0.29) is 17.9 Å². The topological polar surface area (TPSA) is 142 Å². The summed E-state index contributed by atoms with van der Waals surface area (Å²) in [5, 5.41) is 20.7. The molecule has 1 amide bonds. The summed E-state index contributed by atoms with van der Waals surface area (Å²) in [5.74, 6) is -0.553. The average molecular weight is 277 g/mol. The first-order valence-corrected chi connectivity index (χ1v) is 5.60. The Morgan fingerprint density at radius 2 is 2.35 bits per heavy atom. The molecule has 0 unspecified atom stereocenters. The minimum absolute atomic E-state index is 0.0389. The van der Waals surface area contributed by atoms with Crippen LogP contribution in [0.4, 0.5) is 11.5 Å². The van der Waals surface area contributed by atoms with Crippen LogP contribution in [0.2, 0.25) is 0 Å². The Balaban J connectivity index is 2.05. The van der Waals surface area contributed by atoms with E-state index in [2.05, 4.69) is 20.6 Å². The molecule has 20 heavy (non-hydrogen) atoms. The van der Waals surface area contributed by atoms with Crippen molar-refractivity contribution in [3.05, 3.63) is 40.3 Å². The van der Waals surface area contributed by atoms with Gasteiger partial charge in [-0.3, -0.25) is 19.6 Å². The number of anilines is 1. The summed E-state index contributed by atoms with van der Waals surface area (Å²) < 4.78 is 1.52.